The van der Waals surface area contributed by atoms with Gasteiger partial charge in [-0.1, -0.05) is 18.2 Å². The van der Waals surface area contributed by atoms with E-state index in [1.807, 2.05) is 32.0 Å². The third kappa shape index (κ3) is 3.22. The largest absolute Gasteiger partial charge is 0.486 e. The quantitative estimate of drug-likeness (QED) is 0.850. The SMILES string of the molecule is CC(C)OC(c1ccc(F)cc1)c1ccc2c(c1)OCCO2. The van der Waals surface area contributed by atoms with Crippen molar-refractivity contribution in [2.24, 2.45) is 0 Å². The van der Waals surface area contributed by atoms with Crippen LogP contribution in [0.5, 0.6) is 11.5 Å². The van der Waals surface area contributed by atoms with E-state index in [1.165, 1.54) is 12.1 Å². The van der Waals surface area contributed by atoms with Crippen molar-refractivity contribution in [2.45, 2.75) is 26.1 Å². The predicted octanol–water partition coefficient (Wildman–Crippen LogP) is 4.11. The molecule has 116 valence electrons. The van der Waals surface area contributed by atoms with Gasteiger partial charge in [0.15, 0.2) is 11.5 Å². The fraction of sp³-hybridized carbons (Fsp3) is 0.333. The van der Waals surface area contributed by atoms with Crippen LogP contribution in [-0.2, 0) is 4.74 Å². The fourth-order valence-corrected chi connectivity index (χ4v) is 2.48. The Hall–Kier alpha value is -2.07. The summed E-state index contributed by atoms with van der Waals surface area (Å²) in [6, 6.07) is 12.2. The summed E-state index contributed by atoms with van der Waals surface area (Å²) in [4.78, 5) is 0. The molecule has 0 N–H and O–H groups in total. The Kier molecular flexibility index (Phi) is 4.29. The van der Waals surface area contributed by atoms with Crippen LogP contribution >= 0.6 is 0 Å². The number of benzene rings is 2. The van der Waals surface area contributed by atoms with Gasteiger partial charge in [-0.05, 0) is 49.2 Å². The van der Waals surface area contributed by atoms with Gasteiger partial charge in [-0.25, -0.2) is 4.39 Å². The topological polar surface area (TPSA) is 27.7 Å². The molecule has 22 heavy (non-hydrogen) atoms. The molecule has 3 rings (SSSR count). The van der Waals surface area contributed by atoms with Crippen molar-refractivity contribution in [1.29, 1.82) is 0 Å². The summed E-state index contributed by atoms with van der Waals surface area (Å²) < 4.78 is 30.4. The van der Waals surface area contributed by atoms with Crippen LogP contribution in [0.15, 0.2) is 42.5 Å². The molecule has 0 saturated heterocycles. The number of ether oxygens (including phenoxy) is 3. The first-order chi connectivity index (χ1) is 10.6. The minimum Gasteiger partial charge on any atom is -0.486 e. The third-order valence-corrected chi connectivity index (χ3v) is 3.45. The molecule has 0 aliphatic carbocycles. The fourth-order valence-electron chi connectivity index (χ4n) is 2.48. The molecule has 1 heterocycles. The van der Waals surface area contributed by atoms with E-state index < -0.39 is 0 Å². The lowest BCUT2D eigenvalue weighted by Crippen LogP contribution is -2.17. The molecule has 1 aliphatic rings. The summed E-state index contributed by atoms with van der Waals surface area (Å²) in [5, 5.41) is 0. The van der Waals surface area contributed by atoms with E-state index in [0.29, 0.717) is 13.2 Å². The Balaban J connectivity index is 1.96. The van der Waals surface area contributed by atoms with Gasteiger partial charge in [-0.2, -0.15) is 0 Å². The van der Waals surface area contributed by atoms with E-state index in [1.54, 1.807) is 12.1 Å². The van der Waals surface area contributed by atoms with Crippen LogP contribution in [0.2, 0.25) is 0 Å². The van der Waals surface area contributed by atoms with Crippen molar-refractivity contribution in [3.8, 4) is 11.5 Å². The molecule has 0 amide bonds. The highest BCUT2D eigenvalue weighted by Gasteiger charge is 2.20. The van der Waals surface area contributed by atoms with Crippen molar-refractivity contribution in [3.63, 3.8) is 0 Å². The molecular weight excluding hydrogens is 283 g/mol. The van der Waals surface area contributed by atoms with E-state index in [4.69, 9.17) is 14.2 Å². The summed E-state index contributed by atoms with van der Waals surface area (Å²) in [5.74, 6) is 1.22. The number of rotatable bonds is 4. The van der Waals surface area contributed by atoms with E-state index >= 15 is 0 Å². The Morgan fingerprint density at radius 2 is 1.55 bits per heavy atom. The van der Waals surface area contributed by atoms with Gasteiger partial charge in [0.05, 0.1) is 6.10 Å². The summed E-state index contributed by atoms with van der Waals surface area (Å²) in [7, 11) is 0. The molecule has 0 bridgehead atoms. The normalized spacial score (nSPS) is 14.9. The molecule has 0 spiro atoms. The van der Waals surface area contributed by atoms with Crippen LogP contribution in [0.1, 0.15) is 31.1 Å². The third-order valence-electron chi connectivity index (χ3n) is 3.45. The minimum absolute atomic E-state index is 0.0447. The van der Waals surface area contributed by atoms with Gasteiger partial charge in [-0.3, -0.25) is 0 Å². The summed E-state index contributed by atoms with van der Waals surface area (Å²) >= 11 is 0. The van der Waals surface area contributed by atoms with Gasteiger partial charge in [0.25, 0.3) is 0 Å². The zero-order valence-electron chi connectivity index (χ0n) is 12.7. The second-order valence-electron chi connectivity index (χ2n) is 5.52. The van der Waals surface area contributed by atoms with Crippen LogP contribution < -0.4 is 9.47 Å². The Labute approximate surface area is 129 Å². The second kappa shape index (κ2) is 6.36. The number of hydrogen-bond acceptors (Lipinski definition) is 3. The smallest absolute Gasteiger partial charge is 0.161 e. The number of fused-ring (bicyclic) bond motifs is 1. The molecule has 4 heteroatoms. The molecule has 0 radical (unpaired) electrons. The second-order valence-corrected chi connectivity index (χ2v) is 5.52. The molecule has 2 aromatic rings. The first-order valence-electron chi connectivity index (χ1n) is 7.44. The first kappa shape index (κ1) is 14.9. The molecule has 0 saturated carbocycles. The maximum atomic E-state index is 13.2. The van der Waals surface area contributed by atoms with Gasteiger partial charge < -0.3 is 14.2 Å². The lowest BCUT2D eigenvalue weighted by molar-refractivity contribution is 0.0300. The Morgan fingerprint density at radius 1 is 0.909 bits per heavy atom. The molecule has 0 aromatic heterocycles. The Morgan fingerprint density at radius 3 is 2.23 bits per heavy atom. The lowest BCUT2D eigenvalue weighted by atomic mass is 10.0. The number of hydrogen-bond donors (Lipinski definition) is 0. The predicted molar refractivity (Wildman–Crippen MR) is 81.9 cm³/mol. The highest BCUT2D eigenvalue weighted by molar-refractivity contribution is 5.46. The van der Waals surface area contributed by atoms with Gasteiger partial charge >= 0.3 is 0 Å². The average Bonchev–Trinajstić information content (AvgIpc) is 2.53. The van der Waals surface area contributed by atoms with E-state index in [2.05, 4.69) is 0 Å². The molecule has 1 atom stereocenters. The van der Waals surface area contributed by atoms with Crippen LogP contribution in [0.3, 0.4) is 0 Å². The highest BCUT2D eigenvalue weighted by Crippen LogP contribution is 2.36. The molecular formula is C18H19FO3. The van der Waals surface area contributed by atoms with Crippen molar-refractivity contribution in [1.82, 2.24) is 0 Å². The molecule has 1 aliphatic heterocycles. The zero-order valence-corrected chi connectivity index (χ0v) is 12.7. The maximum Gasteiger partial charge on any atom is 0.161 e. The Bertz CT molecular complexity index is 637. The van der Waals surface area contributed by atoms with Gasteiger partial charge in [0.2, 0.25) is 0 Å². The summed E-state index contributed by atoms with van der Waals surface area (Å²) in [6.45, 7) is 5.07. The lowest BCUT2D eigenvalue weighted by Gasteiger charge is -2.24. The standard InChI is InChI=1S/C18H19FO3/c1-12(2)22-18(13-3-6-15(19)7-4-13)14-5-8-16-17(11-14)21-10-9-20-16/h3-8,11-12,18H,9-10H2,1-2H3. The maximum absolute atomic E-state index is 13.2. The van der Waals surface area contributed by atoms with E-state index in [0.717, 1.165) is 22.6 Å². The van der Waals surface area contributed by atoms with Crippen molar-refractivity contribution < 1.29 is 18.6 Å². The molecule has 2 aromatic carbocycles. The van der Waals surface area contributed by atoms with E-state index in [-0.39, 0.29) is 18.0 Å². The van der Waals surface area contributed by atoms with E-state index in [9.17, 15) is 4.39 Å². The molecule has 3 nitrogen and oxygen atoms in total. The van der Waals surface area contributed by atoms with Crippen molar-refractivity contribution in [3.05, 3.63) is 59.4 Å². The monoisotopic (exact) mass is 302 g/mol. The molecule has 1 unspecified atom stereocenters. The molecule has 0 fully saturated rings. The zero-order chi connectivity index (χ0) is 15.5. The van der Waals surface area contributed by atoms with Crippen molar-refractivity contribution >= 4 is 0 Å². The van der Waals surface area contributed by atoms with Gasteiger partial charge in [0.1, 0.15) is 25.1 Å². The average molecular weight is 302 g/mol. The minimum atomic E-state index is -0.267. The first-order valence-corrected chi connectivity index (χ1v) is 7.44. The summed E-state index contributed by atoms with van der Waals surface area (Å²) in [6.07, 6.45) is -0.223. The van der Waals surface area contributed by atoms with Crippen LogP contribution in [0, 0.1) is 5.82 Å². The number of halogens is 1. The summed E-state index contributed by atoms with van der Waals surface area (Å²) in [5.41, 5.74) is 1.87. The van der Waals surface area contributed by atoms with Crippen LogP contribution in [0.25, 0.3) is 0 Å². The van der Waals surface area contributed by atoms with Crippen LogP contribution in [-0.4, -0.2) is 19.3 Å². The van der Waals surface area contributed by atoms with Crippen molar-refractivity contribution in [2.75, 3.05) is 13.2 Å². The van der Waals surface area contributed by atoms with Crippen LogP contribution in [0.4, 0.5) is 4.39 Å². The highest BCUT2D eigenvalue weighted by atomic mass is 19.1. The van der Waals surface area contributed by atoms with Gasteiger partial charge in [-0.15, -0.1) is 0 Å². The van der Waals surface area contributed by atoms with Gasteiger partial charge in [0, 0.05) is 0 Å².